The molecule has 0 bridgehead atoms. The fraction of sp³-hybridized carbons (Fsp3) is 0.167. The van der Waals surface area contributed by atoms with Crippen LogP contribution in [0.25, 0.3) is 5.57 Å². The van der Waals surface area contributed by atoms with E-state index >= 15 is 0 Å². The number of hydrogen-bond acceptors (Lipinski definition) is 4. The number of aromatic nitrogens is 1. The second-order valence-corrected chi connectivity index (χ2v) is 2.94. The first-order valence-corrected chi connectivity index (χ1v) is 4.20. The number of halogens is 1. The molecule has 0 fully saturated rings. The van der Waals surface area contributed by atoms with Crippen LogP contribution >= 0.6 is 22.9 Å². The standard InChI is InChI=1S/C6H5ClN2OS/c7-1-4(2-10)5-3-11-6(8)9-5/h3H,1H2,(H2,8,9). The van der Waals surface area contributed by atoms with Crippen molar-refractivity contribution in [1.82, 2.24) is 4.98 Å². The van der Waals surface area contributed by atoms with Crippen LogP contribution in [0, 0.1) is 0 Å². The first-order chi connectivity index (χ1) is 5.27. The summed E-state index contributed by atoms with van der Waals surface area (Å²) in [5.41, 5.74) is 6.22. The summed E-state index contributed by atoms with van der Waals surface area (Å²) in [4.78, 5) is 14.1. The molecule has 0 saturated heterocycles. The van der Waals surface area contributed by atoms with E-state index in [-0.39, 0.29) is 5.88 Å². The molecule has 2 N–H and O–H groups in total. The Morgan fingerprint density at radius 3 is 3.00 bits per heavy atom. The number of hydrogen-bond donors (Lipinski definition) is 1. The van der Waals surface area contributed by atoms with Crippen molar-refractivity contribution in [3.8, 4) is 0 Å². The molecule has 1 aromatic heterocycles. The molecule has 0 aromatic carbocycles. The van der Waals surface area contributed by atoms with Gasteiger partial charge in [0.2, 0.25) is 0 Å². The number of rotatable bonds is 2. The summed E-state index contributed by atoms with van der Waals surface area (Å²) >= 11 is 6.71. The minimum Gasteiger partial charge on any atom is -0.375 e. The van der Waals surface area contributed by atoms with Crippen molar-refractivity contribution in [1.29, 1.82) is 0 Å². The molecule has 1 rings (SSSR count). The van der Waals surface area contributed by atoms with Gasteiger partial charge in [-0.2, -0.15) is 0 Å². The van der Waals surface area contributed by atoms with Crippen LogP contribution in [0.3, 0.4) is 0 Å². The molecule has 0 aliphatic heterocycles. The summed E-state index contributed by atoms with van der Waals surface area (Å²) in [5.74, 6) is 1.82. The third-order valence-corrected chi connectivity index (χ3v) is 2.03. The fourth-order valence-electron chi connectivity index (χ4n) is 0.574. The molecule has 3 nitrogen and oxygen atoms in total. The zero-order valence-corrected chi connectivity index (χ0v) is 7.08. The highest BCUT2D eigenvalue weighted by Gasteiger charge is 2.04. The van der Waals surface area contributed by atoms with Gasteiger partial charge in [-0.15, -0.1) is 22.9 Å². The highest BCUT2D eigenvalue weighted by Crippen LogP contribution is 2.17. The molecular weight excluding hydrogens is 184 g/mol. The Balaban J connectivity index is 3.01. The Morgan fingerprint density at radius 2 is 2.64 bits per heavy atom. The minimum atomic E-state index is 0.118. The molecule has 0 aliphatic rings. The van der Waals surface area contributed by atoms with E-state index in [0.29, 0.717) is 16.4 Å². The summed E-state index contributed by atoms with van der Waals surface area (Å²) in [5, 5.41) is 2.11. The lowest BCUT2D eigenvalue weighted by molar-refractivity contribution is 0.569. The number of nitrogens with two attached hydrogens (primary N) is 1. The molecule has 0 saturated carbocycles. The van der Waals surface area contributed by atoms with Crippen LogP contribution in [-0.4, -0.2) is 16.8 Å². The third-order valence-electron chi connectivity index (χ3n) is 1.09. The van der Waals surface area contributed by atoms with Gasteiger partial charge in [0.25, 0.3) is 0 Å². The van der Waals surface area contributed by atoms with Crippen molar-refractivity contribution in [2.24, 2.45) is 0 Å². The van der Waals surface area contributed by atoms with Crippen molar-refractivity contribution in [3.63, 3.8) is 0 Å². The topological polar surface area (TPSA) is 56.0 Å². The summed E-state index contributed by atoms with van der Waals surface area (Å²) < 4.78 is 0. The smallest absolute Gasteiger partial charge is 0.180 e. The normalized spacial score (nSPS) is 9.18. The SMILES string of the molecule is Nc1nc(C(=C=O)CCl)cs1. The summed E-state index contributed by atoms with van der Waals surface area (Å²) in [7, 11) is 0. The van der Waals surface area contributed by atoms with Crippen LogP contribution in [0.4, 0.5) is 5.13 Å². The molecule has 11 heavy (non-hydrogen) atoms. The summed E-state index contributed by atoms with van der Waals surface area (Å²) in [6, 6.07) is 0. The second-order valence-electron chi connectivity index (χ2n) is 1.79. The molecule has 1 heterocycles. The summed E-state index contributed by atoms with van der Waals surface area (Å²) in [6.07, 6.45) is 0. The molecule has 58 valence electrons. The Bertz CT molecular complexity index is 303. The summed E-state index contributed by atoms with van der Waals surface area (Å²) in [6.45, 7) is 0. The first-order valence-electron chi connectivity index (χ1n) is 2.79. The van der Waals surface area contributed by atoms with Crippen molar-refractivity contribution >= 4 is 39.6 Å². The average Bonchev–Trinajstić information content (AvgIpc) is 2.39. The highest BCUT2D eigenvalue weighted by atomic mass is 35.5. The van der Waals surface area contributed by atoms with Crippen LogP contribution in [-0.2, 0) is 4.79 Å². The average molecular weight is 189 g/mol. The Morgan fingerprint density at radius 1 is 1.91 bits per heavy atom. The Hall–Kier alpha value is -0.830. The maximum atomic E-state index is 10.2. The van der Waals surface area contributed by atoms with Gasteiger partial charge in [0.05, 0.1) is 17.1 Å². The van der Waals surface area contributed by atoms with E-state index in [9.17, 15) is 4.79 Å². The lowest BCUT2D eigenvalue weighted by atomic mass is 10.3. The molecule has 0 spiro atoms. The number of carbonyl (C=O) groups excluding carboxylic acids is 1. The van der Waals surface area contributed by atoms with E-state index in [0.717, 1.165) is 0 Å². The maximum absolute atomic E-state index is 10.2. The van der Waals surface area contributed by atoms with Crippen LogP contribution in [0.5, 0.6) is 0 Å². The van der Waals surface area contributed by atoms with Gasteiger partial charge >= 0.3 is 0 Å². The van der Waals surface area contributed by atoms with Gasteiger partial charge in [-0.25, -0.2) is 9.78 Å². The van der Waals surface area contributed by atoms with E-state index in [2.05, 4.69) is 4.98 Å². The van der Waals surface area contributed by atoms with Crippen molar-refractivity contribution in [2.75, 3.05) is 11.6 Å². The maximum Gasteiger partial charge on any atom is 0.180 e. The first kappa shape index (κ1) is 8.27. The van der Waals surface area contributed by atoms with E-state index < -0.39 is 0 Å². The van der Waals surface area contributed by atoms with Crippen molar-refractivity contribution in [3.05, 3.63) is 11.1 Å². The number of anilines is 1. The zero-order chi connectivity index (χ0) is 8.27. The van der Waals surface area contributed by atoms with Crippen LogP contribution in [0.1, 0.15) is 5.69 Å². The van der Waals surface area contributed by atoms with Gasteiger partial charge in [-0.1, -0.05) is 0 Å². The number of nitrogen functional groups attached to an aromatic ring is 1. The molecule has 0 radical (unpaired) electrons. The monoisotopic (exact) mass is 188 g/mol. The molecule has 5 heteroatoms. The molecule has 0 aliphatic carbocycles. The Kier molecular flexibility index (Phi) is 2.65. The molecular formula is C6H5ClN2OS. The van der Waals surface area contributed by atoms with E-state index in [1.807, 2.05) is 0 Å². The third kappa shape index (κ3) is 1.80. The quantitative estimate of drug-likeness (QED) is 0.560. The lowest BCUT2D eigenvalue weighted by Crippen LogP contribution is -1.88. The van der Waals surface area contributed by atoms with Crippen molar-refractivity contribution < 1.29 is 4.79 Å². The van der Waals surface area contributed by atoms with Gasteiger partial charge in [-0.05, 0) is 0 Å². The number of allylic oxidation sites excluding steroid dienone is 1. The van der Waals surface area contributed by atoms with Crippen molar-refractivity contribution in [2.45, 2.75) is 0 Å². The van der Waals surface area contributed by atoms with Crippen LogP contribution in [0.2, 0.25) is 0 Å². The van der Waals surface area contributed by atoms with E-state index in [1.165, 1.54) is 11.3 Å². The molecule has 0 unspecified atom stereocenters. The second kappa shape index (κ2) is 3.53. The Labute approximate surface area is 72.5 Å². The number of thiazole rings is 1. The van der Waals surface area contributed by atoms with Crippen LogP contribution in [0.15, 0.2) is 5.38 Å². The lowest BCUT2D eigenvalue weighted by Gasteiger charge is -1.88. The largest absolute Gasteiger partial charge is 0.375 e. The van der Waals surface area contributed by atoms with Gasteiger partial charge in [0.15, 0.2) is 5.13 Å². The molecule has 0 atom stereocenters. The number of nitrogens with zero attached hydrogens (tertiary/aromatic N) is 1. The minimum absolute atomic E-state index is 0.118. The van der Waals surface area contributed by atoms with Crippen LogP contribution < -0.4 is 5.73 Å². The predicted molar refractivity (Wildman–Crippen MR) is 46.3 cm³/mol. The predicted octanol–water partition coefficient (Wildman–Crippen LogP) is 1.18. The van der Waals surface area contributed by atoms with E-state index in [4.69, 9.17) is 17.3 Å². The fourth-order valence-corrected chi connectivity index (χ4v) is 1.34. The molecule has 1 aromatic rings. The van der Waals surface area contributed by atoms with Gasteiger partial charge in [0.1, 0.15) is 5.94 Å². The zero-order valence-electron chi connectivity index (χ0n) is 5.50. The molecule has 0 amide bonds. The number of alkyl halides is 1. The van der Waals surface area contributed by atoms with E-state index in [1.54, 1.807) is 11.3 Å². The van der Waals surface area contributed by atoms with Gasteiger partial charge < -0.3 is 5.73 Å². The highest BCUT2D eigenvalue weighted by molar-refractivity contribution is 7.13. The van der Waals surface area contributed by atoms with Gasteiger partial charge in [0, 0.05) is 5.38 Å². The van der Waals surface area contributed by atoms with Gasteiger partial charge in [-0.3, -0.25) is 0 Å².